The molecule has 29 valence electrons. The molecular weight excluding hydrogens is 80.1 g/mol. The third-order valence-electron chi connectivity index (χ3n) is 0.933. The highest BCUT2D eigenvalue weighted by Crippen LogP contribution is 2.33. The molecule has 2 heteroatoms. The maximum atomic E-state index is 9.83. The van der Waals surface area contributed by atoms with Crippen LogP contribution in [-0.4, -0.2) is 9.76 Å². The number of rotatable bonds is 1. The van der Waals surface area contributed by atoms with E-state index in [0.717, 1.165) is 5.54 Å². The molecule has 0 heterocycles. The highest BCUT2D eigenvalue weighted by molar-refractivity contribution is 6.28. The molecule has 1 nitrogen and oxygen atoms in total. The predicted molar refractivity (Wildman–Crippen MR) is 22.2 cm³/mol. The van der Waals surface area contributed by atoms with E-state index in [1.54, 1.807) is 0 Å². The smallest absolute Gasteiger partial charge is 0.210 e. The van der Waals surface area contributed by atoms with E-state index in [9.17, 15) is 4.80 Å². The summed E-state index contributed by atoms with van der Waals surface area (Å²) in [6.45, 7) is 0. The second kappa shape index (κ2) is 1.10. The summed E-state index contributed by atoms with van der Waals surface area (Å²) < 4.78 is 0. The minimum atomic E-state index is -0.790. The van der Waals surface area contributed by atoms with Crippen LogP contribution < -0.4 is 0 Å². The first-order valence-corrected chi connectivity index (χ1v) is 3.41. The van der Waals surface area contributed by atoms with Crippen molar-refractivity contribution in [3.05, 3.63) is 0 Å². The molecule has 1 fully saturated rings. The zero-order valence-electron chi connectivity index (χ0n) is 3.11. The lowest BCUT2D eigenvalue weighted by molar-refractivity contribution is 0.471. The van der Waals surface area contributed by atoms with E-state index in [4.69, 9.17) is 0 Å². The van der Waals surface area contributed by atoms with Crippen molar-refractivity contribution < 1.29 is 4.80 Å². The molecule has 0 aliphatic heterocycles. The molecule has 0 aromatic rings. The van der Waals surface area contributed by atoms with Crippen LogP contribution >= 0.6 is 0 Å². The average molecular weight is 87.2 g/mol. The second-order valence-corrected chi connectivity index (χ2v) is 3.10. The molecule has 0 amide bonds. The van der Waals surface area contributed by atoms with Gasteiger partial charge in [-0.2, -0.15) is 0 Å². The third-order valence-corrected chi connectivity index (χ3v) is 2.22. The zero-order valence-corrected chi connectivity index (χ0v) is 4.52. The Labute approximate surface area is 34.0 Å². The van der Waals surface area contributed by atoms with Gasteiger partial charge in [-0.05, 0) is 5.54 Å². The lowest BCUT2D eigenvalue weighted by atomic mass is 11.0. The predicted octanol–water partition coefficient (Wildman–Crippen LogP) is 0.0830. The quantitative estimate of drug-likeness (QED) is 0.404. The highest BCUT2D eigenvalue weighted by Gasteiger charge is 2.20. The summed E-state index contributed by atoms with van der Waals surface area (Å²) in [5.41, 5.74) is 0.718. The normalized spacial score (nSPS) is 25.8. The van der Waals surface area contributed by atoms with E-state index in [1.807, 2.05) is 0 Å². The highest BCUT2D eigenvalue weighted by atomic mass is 28.2. The van der Waals surface area contributed by atoms with Gasteiger partial charge in [0.15, 0.2) is 0 Å². The minimum Gasteiger partial charge on any atom is -0.306 e. The second-order valence-electron chi connectivity index (χ2n) is 1.61. The molecule has 1 rings (SSSR count). The van der Waals surface area contributed by atoms with E-state index in [-0.39, 0.29) is 0 Å². The van der Waals surface area contributed by atoms with Crippen LogP contribution in [0.5, 0.6) is 0 Å². The summed E-state index contributed by atoms with van der Waals surface area (Å²) in [7, 11) is -0.790. The maximum Gasteiger partial charge on any atom is 0.210 e. The van der Waals surface area contributed by atoms with Gasteiger partial charge < -0.3 is 4.80 Å². The van der Waals surface area contributed by atoms with Gasteiger partial charge >= 0.3 is 0 Å². The van der Waals surface area contributed by atoms with Crippen LogP contribution in [0.3, 0.4) is 0 Å². The largest absolute Gasteiger partial charge is 0.306 e. The number of hydrogen-bond acceptors (Lipinski definition) is 0. The van der Waals surface area contributed by atoms with Crippen LogP contribution in [0.2, 0.25) is 5.54 Å². The van der Waals surface area contributed by atoms with E-state index in [1.165, 1.54) is 12.8 Å². The van der Waals surface area contributed by atoms with E-state index < -0.39 is 9.76 Å². The van der Waals surface area contributed by atoms with Crippen LogP contribution in [0.25, 0.3) is 0 Å². The topological polar surface area (TPSA) is 19.9 Å². The third kappa shape index (κ3) is 0.739. The molecule has 0 atom stereocenters. The zero-order chi connectivity index (χ0) is 3.70. The van der Waals surface area contributed by atoms with Crippen LogP contribution in [0.1, 0.15) is 12.8 Å². The van der Waals surface area contributed by atoms with Crippen molar-refractivity contribution in [3.8, 4) is 0 Å². The van der Waals surface area contributed by atoms with Gasteiger partial charge in [0.05, 0.1) is 0 Å². The van der Waals surface area contributed by atoms with Crippen LogP contribution in [0.4, 0.5) is 0 Å². The van der Waals surface area contributed by atoms with Crippen molar-refractivity contribution in [2.45, 2.75) is 18.4 Å². The van der Waals surface area contributed by atoms with Crippen molar-refractivity contribution in [3.63, 3.8) is 0 Å². The summed E-state index contributed by atoms with van der Waals surface area (Å²) >= 11 is 0. The summed E-state index contributed by atoms with van der Waals surface area (Å²) in [4.78, 5) is 9.83. The SMILES string of the molecule is [O][SiH2]C1CC1. The molecule has 1 saturated carbocycles. The molecule has 0 unspecified atom stereocenters. The molecule has 1 radical (unpaired) electrons. The Hall–Kier alpha value is 0.177. The Morgan fingerprint density at radius 3 is 2.20 bits per heavy atom. The summed E-state index contributed by atoms with van der Waals surface area (Å²) in [5.74, 6) is 0. The van der Waals surface area contributed by atoms with Crippen molar-refractivity contribution in [1.82, 2.24) is 0 Å². The van der Waals surface area contributed by atoms with Gasteiger partial charge in [-0.25, -0.2) is 0 Å². The molecule has 1 aliphatic rings. The van der Waals surface area contributed by atoms with Gasteiger partial charge in [0.25, 0.3) is 0 Å². The molecule has 0 N–H and O–H groups in total. The van der Waals surface area contributed by atoms with Crippen molar-refractivity contribution in [2.24, 2.45) is 0 Å². The summed E-state index contributed by atoms with van der Waals surface area (Å²) in [6.07, 6.45) is 2.52. The van der Waals surface area contributed by atoms with Crippen LogP contribution in [0.15, 0.2) is 0 Å². The Kier molecular flexibility index (Phi) is 0.745. The fourth-order valence-corrected chi connectivity index (χ4v) is 0.854. The first kappa shape index (κ1) is 3.37. The fraction of sp³-hybridized carbons (Fsp3) is 1.00. The molecule has 1 aliphatic carbocycles. The Morgan fingerprint density at radius 2 is 2.20 bits per heavy atom. The maximum absolute atomic E-state index is 9.83. The van der Waals surface area contributed by atoms with Crippen molar-refractivity contribution >= 4 is 9.76 Å². The fourth-order valence-electron chi connectivity index (χ4n) is 0.285. The first-order chi connectivity index (χ1) is 2.43. The average Bonchev–Trinajstić information content (AvgIpc) is 2.12. The van der Waals surface area contributed by atoms with Gasteiger partial charge in [0, 0.05) is 0 Å². The van der Waals surface area contributed by atoms with E-state index in [2.05, 4.69) is 0 Å². The molecule has 0 spiro atoms. The summed E-state index contributed by atoms with van der Waals surface area (Å²) in [5, 5.41) is 0. The van der Waals surface area contributed by atoms with E-state index in [0.29, 0.717) is 0 Å². The lowest BCUT2D eigenvalue weighted by Gasteiger charge is -1.67. The minimum absolute atomic E-state index is 0.718. The molecule has 0 aromatic heterocycles. The Bertz CT molecular complexity index is 33.9. The first-order valence-electron chi connectivity index (χ1n) is 2.01. The molecule has 0 bridgehead atoms. The Morgan fingerprint density at radius 1 is 1.60 bits per heavy atom. The van der Waals surface area contributed by atoms with Crippen LogP contribution in [0, 0.1) is 0 Å². The van der Waals surface area contributed by atoms with Gasteiger partial charge in [-0.3, -0.25) is 0 Å². The van der Waals surface area contributed by atoms with Gasteiger partial charge in [0.1, 0.15) is 0 Å². The monoisotopic (exact) mass is 87.0 g/mol. The summed E-state index contributed by atoms with van der Waals surface area (Å²) in [6, 6.07) is 0. The van der Waals surface area contributed by atoms with Gasteiger partial charge in [-0.1, -0.05) is 12.8 Å². The van der Waals surface area contributed by atoms with Gasteiger partial charge in [0.2, 0.25) is 9.76 Å². The van der Waals surface area contributed by atoms with Crippen molar-refractivity contribution in [2.75, 3.05) is 0 Å². The Balaban J connectivity index is 2.00. The lowest BCUT2D eigenvalue weighted by Crippen LogP contribution is -1.76. The molecule has 0 aromatic carbocycles. The molecule has 5 heavy (non-hydrogen) atoms. The molecular formula is C3H7OSi. The number of hydrogen-bond donors (Lipinski definition) is 0. The van der Waals surface area contributed by atoms with Gasteiger partial charge in [-0.15, -0.1) is 0 Å². The van der Waals surface area contributed by atoms with Crippen LogP contribution in [-0.2, 0) is 4.80 Å². The van der Waals surface area contributed by atoms with E-state index >= 15 is 0 Å². The standard InChI is InChI=1S/C3H7OSi/c4-5-3-1-2-3/h3H,1-2,5H2. The van der Waals surface area contributed by atoms with Crippen molar-refractivity contribution in [1.29, 1.82) is 0 Å². The molecule has 0 saturated heterocycles.